The fraction of sp³-hybridized carbons (Fsp3) is 0.929. The Morgan fingerprint density at radius 1 is 1.40 bits per heavy atom. The van der Waals surface area contributed by atoms with Gasteiger partial charge in [0.05, 0.1) is 12.6 Å². The van der Waals surface area contributed by atoms with Gasteiger partial charge in [-0.1, -0.05) is 6.92 Å². The smallest absolute Gasteiger partial charge is 0.234 e. The Labute approximate surface area is 128 Å². The highest BCUT2D eigenvalue weighted by molar-refractivity contribution is 5.85. The summed E-state index contributed by atoms with van der Waals surface area (Å²) in [4.78, 5) is 14.2. The van der Waals surface area contributed by atoms with Crippen LogP contribution in [0.5, 0.6) is 0 Å². The van der Waals surface area contributed by atoms with Crippen LogP contribution in [0.25, 0.3) is 0 Å². The van der Waals surface area contributed by atoms with Crippen molar-refractivity contribution < 1.29 is 9.53 Å². The van der Waals surface area contributed by atoms with Crippen molar-refractivity contribution in [2.45, 2.75) is 44.8 Å². The number of halogens is 1. The van der Waals surface area contributed by atoms with Gasteiger partial charge in [-0.15, -0.1) is 12.4 Å². The van der Waals surface area contributed by atoms with Crippen molar-refractivity contribution in [1.29, 1.82) is 0 Å². The van der Waals surface area contributed by atoms with Crippen molar-refractivity contribution in [1.82, 2.24) is 10.2 Å². The average Bonchev–Trinajstić information content (AvgIpc) is 2.90. The maximum absolute atomic E-state index is 12.0. The van der Waals surface area contributed by atoms with Crippen molar-refractivity contribution in [2.24, 2.45) is 11.7 Å². The molecule has 0 aromatic carbocycles. The lowest BCUT2D eigenvalue weighted by Crippen LogP contribution is -2.52. The molecule has 2 fully saturated rings. The molecule has 0 radical (unpaired) electrons. The predicted octanol–water partition coefficient (Wildman–Crippen LogP) is 0.763. The van der Waals surface area contributed by atoms with Crippen molar-refractivity contribution in [3.8, 4) is 0 Å². The molecule has 118 valence electrons. The van der Waals surface area contributed by atoms with E-state index in [1.165, 1.54) is 6.42 Å². The maximum atomic E-state index is 12.0. The van der Waals surface area contributed by atoms with Gasteiger partial charge < -0.3 is 15.8 Å². The van der Waals surface area contributed by atoms with E-state index in [1.807, 2.05) is 0 Å². The quantitative estimate of drug-likeness (QED) is 0.787. The number of hydrogen-bond donors (Lipinski definition) is 2. The summed E-state index contributed by atoms with van der Waals surface area (Å²) >= 11 is 0. The topological polar surface area (TPSA) is 67.6 Å². The first kappa shape index (κ1) is 17.7. The molecule has 3 N–H and O–H groups in total. The van der Waals surface area contributed by atoms with Gasteiger partial charge in [-0.25, -0.2) is 0 Å². The fourth-order valence-corrected chi connectivity index (χ4v) is 3.19. The molecule has 2 aliphatic rings. The summed E-state index contributed by atoms with van der Waals surface area (Å²) in [7, 11) is 0. The van der Waals surface area contributed by atoms with Crippen LogP contribution in [-0.2, 0) is 9.53 Å². The van der Waals surface area contributed by atoms with Crippen molar-refractivity contribution in [3.05, 3.63) is 0 Å². The van der Waals surface area contributed by atoms with Crippen LogP contribution in [0.2, 0.25) is 0 Å². The van der Waals surface area contributed by atoms with Gasteiger partial charge in [0.1, 0.15) is 0 Å². The minimum Gasteiger partial charge on any atom is -0.376 e. The molecule has 1 amide bonds. The van der Waals surface area contributed by atoms with Crippen LogP contribution >= 0.6 is 12.4 Å². The van der Waals surface area contributed by atoms with Crippen LogP contribution in [0.1, 0.15) is 32.6 Å². The number of nitrogens with one attached hydrogen (secondary N) is 1. The van der Waals surface area contributed by atoms with Crippen LogP contribution < -0.4 is 11.1 Å². The largest absolute Gasteiger partial charge is 0.376 e. The number of likely N-dealkylation sites (tertiary alicyclic amines) is 1. The molecule has 2 saturated heterocycles. The number of carbonyl (C=O) groups is 1. The molecule has 0 saturated carbocycles. The van der Waals surface area contributed by atoms with E-state index in [4.69, 9.17) is 10.5 Å². The minimum atomic E-state index is 0. The number of carbonyl (C=O) groups excluding carboxylic acids is 1. The van der Waals surface area contributed by atoms with E-state index in [0.717, 1.165) is 32.4 Å². The molecule has 2 aliphatic heterocycles. The molecule has 0 aliphatic carbocycles. The zero-order valence-electron chi connectivity index (χ0n) is 12.3. The van der Waals surface area contributed by atoms with Gasteiger partial charge in [0.25, 0.3) is 0 Å². The third kappa shape index (κ3) is 4.88. The number of hydrogen-bond acceptors (Lipinski definition) is 4. The maximum Gasteiger partial charge on any atom is 0.234 e. The van der Waals surface area contributed by atoms with Gasteiger partial charge in [-0.05, 0) is 38.1 Å². The van der Waals surface area contributed by atoms with E-state index in [-0.39, 0.29) is 24.4 Å². The highest BCUT2D eigenvalue weighted by Crippen LogP contribution is 2.22. The Morgan fingerprint density at radius 3 is 2.85 bits per heavy atom. The lowest BCUT2D eigenvalue weighted by Gasteiger charge is -2.38. The van der Waals surface area contributed by atoms with E-state index in [2.05, 4.69) is 17.1 Å². The lowest BCUT2D eigenvalue weighted by atomic mass is 9.91. The van der Waals surface area contributed by atoms with E-state index >= 15 is 0 Å². The SMILES string of the molecule is CC1CCCN(CC(=O)NCC2CCCO2)C1CN.Cl. The third-order valence-electron chi connectivity index (χ3n) is 4.37. The molecule has 5 nitrogen and oxygen atoms in total. The van der Waals surface area contributed by atoms with Gasteiger partial charge in [0, 0.05) is 25.7 Å². The molecular formula is C14H28ClN3O2. The summed E-state index contributed by atoms with van der Waals surface area (Å²) in [5, 5.41) is 2.98. The zero-order valence-corrected chi connectivity index (χ0v) is 13.2. The summed E-state index contributed by atoms with van der Waals surface area (Å²) in [6.45, 7) is 5.81. The van der Waals surface area contributed by atoms with E-state index in [9.17, 15) is 4.79 Å². The van der Waals surface area contributed by atoms with Gasteiger partial charge in [0.15, 0.2) is 0 Å². The Hall–Kier alpha value is -0.360. The Bertz CT molecular complexity index is 298. The third-order valence-corrected chi connectivity index (χ3v) is 4.37. The zero-order chi connectivity index (χ0) is 13.7. The Morgan fingerprint density at radius 2 is 2.20 bits per heavy atom. The molecule has 2 heterocycles. The molecular weight excluding hydrogens is 278 g/mol. The van der Waals surface area contributed by atoms with Crippen LogP contribution in [0.15, 0.2) is 0 Å². The molecule has 3 unspecified atom stereocenters. The number of nitrogens with two attached hydrogens (primary N) is 1. The van der Waals surface area contributed by atoms with Gasteiger partial charge >= 0.3 is 0 Å². The number of nitrogens with zero attached hydrogens (tertiary/aromatic N) is 1. The molecule has 20 heavy (non-hydrogen) atoms. The highest BCUT2D eigenvalue weighted by Gasteiger charge is 2.28. The molecule has 2 rings (SSSR count). The first-order chi connectivity index (χ1) is 9.20. The molecule has 0 aromatic rings. The van der Waals surface area contributed by atoms with Crippen molar-refractivity contribution in [2.75, 3.05) is 32.8 Å². The van der Waals surface area contributed by atoms with E-state index in [1.54, 1.807) is 0 Å². The Balaban J connectivity index is 0.00000200. The molecule has 0 aromatic heterocycles. The van der Waals surface area contributed by atoms with Crippen LogP contribution in [0.3, 0.4) is 0 Å². The molecule has 3 atom stereocenters. The Kier molecular flexibility index (Phi) is 7.80. The molecule has 0 spiro atoms. The second-order valence-electron chi connectivity index (χ2n) is 5.83. The normalized spacial score (nSPS) is 30.8. The summed E-state index contributed by atoms with van der Waals surface area (Å²) < 4.78 is 5.50. The second kappa shape index (κ2) is 8.82. The highest BCUT2D eigenvalue weighted by atomic mass is 35.5. The first-order valence-corrected chi connectivity index (χ1v) is 7.53. The van der Waals surface area contributed by atoms with E-state index < -0.39 is 0 Å². The summed E-state index contributed by atoms with van der Waals surface area (Å²) in [5.74, 6) is 0.688. The summed E-state index contributed by atoms with van der Waals surface area (Å²) in [6.07, 6.45) is 4.77. The van der Waals surface area contributed by atoms with Gasteiger partial charge in [0.2, 0.25) is 5.91 Å². The van der Waals surface area contributed by atoms with Crippen molar-refractivity contribution in [3.63, 3.8) is 0 Å². The monoisotopic (exact) mass is 305 g/mol. The second-order valence-corrected chi connectivity index (χ2v) is 5.83. The number of rotatable bonds is 5. The summed E-state index contributed by atoms with van der Waals surface area (Å²) in [6, 6.07) is 0.349. The van der Waals surface area contributed by atoms with Crippen LogP contribution in [0.4, 0.5) is 0 Å². The standard InChI is InChI=1S/C14H27N3O2.ClH/c1-11-4-2-6-17(13(11)8-15)10-14(18)16-9-12-5-3-7-19-12;/h11-13H,2-10,15H2,1H3,(H,16,18);1H. The lowest BCUT2D eigenvalue weighted by molar-refractivity contribution is -0.124. The minimum absolute atomic E-state index is 0. The van der Waals surface area contributed by atoms with Crippen LogP contribution in [0, 0.1) is 5.92 Å². The van der Waals surface area contributed by atoms with Gasteiger partial charge in [-0.2, -0.15) is 0 Å². The first-order valence-electron chi connectivity index (χ1n) is 7.53. The van der Waals surface area contributed by atoms with E-state index in [0.29, 0.717) is 31.6 Å². The van der Waals surface area contributed by atoms with Gasteiger partial charge in [-0.3, -0.25) is 9.69 Å². The number of amides is 1. The average molecular weight is 306 g/mol. The number of ether oxygens (including phenoxy) is 1. The van der Waals surface area contributed by atoms with Crippen molar-refractivity contribution >= 4 is 18.3 Å². The molecule has 0 bridgehead atoms. The molecule has 6 heteroatoms. The fourth-order valence-electron chi connectivity index (χ4n) is 3.19. The van der Waals surface area contributed by atoms with Crippen LogP contribution in [-0.4, -0.2) is 55.7 Å². The number of piperidine rings is 1. The summed E-state index contributed by atoms with van der Waals surface area (Å²) in [5.41, 5.74) is 5.84. The predicted molar refractivity (Wildman–Crippen MR) is 82.0 cm³/mol.